The minimum Gasteiger partial charge on any atom is -0.381 e. The van der Waals surface area contributed by atoms with Crippen LogP contribution in [-0.2, 0) is 0 Å². The number of thiol groups is 1. The van der Waals surface area contributed by atoms with Crippen LogP contribution >= 0.6 is 12.6 Å². The van der Waals surface area contributed by atoms with Gasteiger partial charge in [0.15, 0.2) is 0 Å². The third-order valence-corrected chi connectivity index (χ3v) is 5.00. The molecule has 28 heavy (non-hydrogen) atoms. The van der Waals surface area contributed by atoms with Gasteiger partial charge in [-0.25, -0.2) is 0 Å². The first-order chi connectivity index (χ1) is 13.2. The predicted octanol–water partition coefficient (Wildman–Crippen LogP) is 1.20. The summed E-state index contributed by atoms with van der Waals surface area (Å²) < 4.78 is 0. The van der Waals surface area contributed by atoms with Gasteiger partial charge < -0.3 is 15.3 Å². The van der Waals surface area contributed by atoms with Crippen LogP contribution < -0.4 is 27.1 Å². The number of H-pyrrole nitrogens is 2. The van der Waals surface area contributed by atoms with Crippen molar-refractivity contribution in [1.29, 1.82) is 0 Å². The number of nitrogens with one attached hydrogen (secondary N) is 3. The topological polar surface area (TPSA) is 90.1 Å². The number of hydrogen-bond donors (Lipinski definition) is 4. The van der Waals surface area contributed by atoms with Crippen molar-refractivity contribution < 1.29 is 0 Å². The Kier molecular flexibility index (Phi) is 5.47. The lowest BCUT2D eigenvalue weighted by atomic mass is 9.90. The molecule has 0 saturated heterocycles. The molecule has 0 fully saturated rings. The molecule has 1 aliphatic heterocycles. The maximum atomic E-state index is 12.6. The summed E-state index contributed by atoms with van der Waals surface area (Å²) in [6, 6.07) is 5.60. The Hall–Kier alpha value is -2.80. The molecule has 0 radical (unpaired) electrons. The fourth-order valence-corrected chi connectivity index (χ4v) is 3.21. The molecule has 3 rings (SSSR count). The molecule has 0 bridgehead atoms. The van der Waals surface area contributed by atoms with Gasteiger partial charge in [-0.15, -0.1) is 12.6 Å². The van der Waals surface area contributed by atoms with Gasteiger partial charge in [0.25, 0.3) is 11.1 Å². The summed E-state index contributed by atoms with van der Waals surface area (Å²) >= 11 is 4.39. The molecule has 1 aromatic carbocycles. The zero-order valence-corrected chi connectivity index (χ0v) is 17.3. The van der Waals surface area contributed by atoms with Gasteiger partial charge in [0.05, 0.1) is 12.2 Å². The molecule has 6 nitrogen and oxygen atoms in total. The van der Waals surface area contributed by atoms with Gasteiger partial charge >= 0.3 is 0 Å². The molecule has 0 aliphatic carbocycles. The number of aromatic nitrogens is 2. The van der Waals surface area contributed by atoms with Crippen LogP contribution in [0, 0.1) is 12.3 Å². The first kappa shape index (κ1) is 19.9. The molecule has 0 unspecified atom stereocenters. The zero-order chi connectivity index (χ0) is 20.5. The highest BCUT2D eigenvalue weighted by Gasteiger charge is 2.21. The second-order valence-electron chi connectivity index (χ2n) is 7.72. The van der Waals surface area contributed by atoms with Crippen molar-refractivity contribution in [3.63, 3.8) is 0 Å². The molecule has 2 heterocycles. The van der Waals surface area contributed by atoms with Crippen LogP contribution in [0.5, 0.6) is 0 Å². The Morgan fingerprint density at radius 1 is 1.07 bits per heavy atom. The van der Waals surface area contributed by atoms with Crippen LogP contribution in [-0.4, -0.2) is 22.7 Å². The van der Waals surface area contributed by atoms with Crippen molar-refractivity contribution >= 4 is 31.0 Å². The number of rotatable bonds is 2. The average molecular weight is 397 g/mol. The molecule has 2 aromatic rings. The van der Waals surface area contributed by atoms with E-state index in [1.54, 1.807) is 18.4 Å². The van der Waals surface area contributed by atoms with Gasteiger partial charge in [-0.3, -0.25) is 14.6 Å². The molecule has 0 amide bonds. The minimum atomic E-state index is -0.382. The number of allylic oxidation sites excluding steroid dienone is 2. The molecule has 0 atom stereocenters. The van der Waals surface area contributed by atoms with Crippen molar-refractivity contribution in [2.45, 2.75) is 32.6 Å². The summed E-state index contributed by atoms with van der Waals surface area (Å²) in [5.74, 6) is 0. The van der Waals surface area contributed by atoms with E-state index >= 15 is 0 Å². The summed E-state index contributed by atoms with van der Waals surface area (Å²) in [7, 11) is 0. The van der Waals surface area contributed by atoms with E-state index in [0.29, 0.717) is 12.2 Å². The largest absolute Gasteiger partial charge is 0.381 e. The van der Waals surface area contributed by atoms with Crippen molar-refractivity contribution in [3.8, 4) is 0 Å². The Labute approximate surface area is 168 Å². The van der Waals surface area contributed by atoms with E-state index in [4.69, 9.17) is 0 Å². The molecule has 0 saturated carbocycles. The normalized spacial score (nSPS) is 15.9. The summed E-state index contributed by atoms with van der Waals surface area (Å²) in [5.41, 5.74) is 2.39. The Balaban J connectivity index is 2.17. The predicted molar refractivity (Wildman–Crippen MR) is 116 cm³/mol. The second-order valence-corrected chi connectivity index (χ2v) is 8.20. The Morgan fingerprint density at radius 3 is 2.36 bits per heavy atom. The molecular weight excluding hydrogens is 372 g/mol. The van der Waals surface area contributed by atoms with Crippen molar-refractivity contribution in [2.75, 3.05) is 6.54 Å². The molecular formula is C21H24N4O2S. The number of aromatic amines is 2. The van der Waals surface area contributed by atoms with E-state index in [1.165, 1.54) is 0 Å². The fourth-order valence-electron chi connectivity index (χ4n) is 2.99. The molecule has 7 heteroatoms. The SMILES string of the molecule is Cc1c(S)cccc1/C=c1\[nH]c(=O)/c(=C/C2=C(C(C)(C)C)NCC=N2)[nH]c1=O. The van der Waals surface area contributed by atoms with E-state index < -0.39 is 0 Å². The van der Waals surface area contributed by atoms with Crippen molar-refractivity contribution in [2.24, 2.45) is 10.4 Å². The maximum absolute atomic E-state index is 12.6. The Morgan fingerprint density at radius 2 is 1.71 bits per heavy atom. The average Bonchev–Trinajstić information content (AvgIpc) is 2.62. The highest BCUT2D eigenvalue weighted by Crippen LogP contribution is 2.27. The van der Waals surface area contributed by atoms with Gasteiger partial charge in [0.1, 0.15) is 10.7 Å². The number of nitrogens with zero attached hydrogens (tertiary/aromatic N) is 1. The Bertz CT molecular complexity index is 1210. The zero-order valence-electron chi connectivity index (χ0n) is 16.4. The fraction of sp³-hybridized carbons (Fsp3) is 0.286. The molecule has 1 aromatic heterocycles. The standard InChI is InChI=1S/C21H24N4O2S/c1-12-13(6-5-7-17(12)28)10-15-19(26)25-16(20(27)24-15)11-14-18(21(2,3)4)23-9-8-22-14/h5-8,10-11,23,28H,9H2,1-4H3,(H,24,27)(H,25,26)/b15-10-,16-11-. The molecule has 146 valence electrons. The van der Waals surface area contributed by atoms with Gasteiger partial charge in [0.2, 0.25) is 0 Å². The van der Waals surface area contributed by atoms with E-state index in [-0.39, 0.29) is 27.2 Å². The van der Waals surface area contributed by atoms with Crippen LogP contribution in [0.1, 0.15) is 31.9 Å². The highest BCUT2D eigenvalue weighted by atomic mass is 32.1. The van der Waals surface area contributed by atoms with Crippen molar-refractivity contribution in [1.82, 2.24) is 15.3 Å². The first-order valence-corrected chi connectivity index (χ1v) is 9.47. The highest BCUT2D eigenvalue weighted by molar-refractivity contribution is 7.80. The van der Waals surface area contributed by atoms with Crippen LogP contribution in [0.15, 0.2) is 49.1 Å². The van der Waals surface area contributed by atoms with E-state index in [2.05, 4.69) is 53.7 Å². The maximum Gasteiger partial charge on any atom is 0.272 e. The number of benzene rings is 1. The molecule has 0 spiro atoms. The first-order valence-electron chi connectivity index (χ1n) is 9.02. The third-order valence-electron chi connectivity index (χ3n) is 4.52. The van der Waals surface area contributed by atoms with Gasteiger partial charge in [-0.1, -0.05) is 32.9 Å². The van der Waals surface area contributed by atoms with Crippen LogP contribution in [0.3, 0.4) is 0 Å². The quantitative estimate of drug-likeness (QED) is 0.575. The van der Waals surface area contributed by atoms with E-state index in [9.17, 15) is 9.59 Å². The van der Waals surface area contributed by atoms with Crippen LogP contribution in [0.2, 0.25) is 0 Å². The van der Waals surface area contributed by atoms with Gasteiger partial charge in [-0.05, 0) is 36.3 Å². The summed E-state index contributed by atoms with van der Waals surface area (Å²) in [6.07, 6.45) is 4.99. The number of hydrogen-bond acceptors (Lipinski definition) is 5. The van der Waals surface area contributed by atoms with E-state index in [0.717, 1.165) is 21.7 Å². The summed E-state index contributed by atoms with van der Waals surface area (Å²) in [4.78, 5) is 35.7. The summed E-state index contributed by atoms with van der Waals surface area (Å²) in [5, 5.41) is 3.66. The monoisotopic (exact) mass is 396 g/mol. The minimum absolute atomic E-state index is 0.166. The molecule has 3 N–H and O–H groups in total. The van der Waals surface area contributed by atoms with Crippen molar-refractivity contribution in [3.05, 3.63) is 72.1 Å². The van der Waals surface area contributed by atoms with Gasteiger partial charge in [0, 0.05) is 22.2 Å². The van der Waals surface area contributed by atoms with Crippen LogP contribution in [0.4, 0.5) is 0 Å². The van der Waals surface area contributed by atoms with E-state index in [1.807, 2.05) is 25.1 Å². The lowest BCUT2D eigenvalue weighted by Gasteiger charge is -2.27. The lowest BCUT2D eigenvalue weighted by molar-refractivity contribution is 0.463. The number of aliphatic imine (C=N–C) groups is 1. The summed E-state index contributed by atoms with van der Waals surface area (Å²) in [6.45, 7) is 8.73. The lowest BCUT2D eigenvalue weighted by Crippen LogP contribution is -2.47. The second kappa shape index (κ2) is 7.67. The smallest absolute Gasteiger partial charge is 0.272 e. The van der Waals surface area contributed by atoms with Gasteiger partial charge in [-0.2, -0.15) is 0 Å². The third kappa shape index (κ3) is 4.20. The van der Waals surface area contributed by atoms with Crippen LogP contribution in [0.25, 0.3) is 12.2 Å². The molecule has 1 aliphatic rings.